The summed E-state index contributed by atoms with van der Waals surface area (Å²) < 4.78 is 18.0. The number of carbonyl (C=O) groups is 6. The van der Waals surface area contributed by atoms with Gasteiger partial charge in [-0.1, -0.05) is 42.5 Å². The van der Waals surface area contributed by atoms with Crippen LogP contribution >= 0.6 is 0 Å². The molecule has 0 spiro atoms. The maximum atomic E-state index is 14.3. The fourth-order valence-electron chi connectivity index (χ4n) is 7.35. The molecular weight excluding hydrogens is 901 g/mol. The number of nitrogens with one attached hydrogen (secondary N) is 8. The second-order valence-electron chi connectivity index (χ2n) is 16.0. The Morgan fingerprint density at radius 1 is 0.841 bits per heavy atom. The molecule has 1 aliphatic heterocycles. The van der Waals surface area contributed by atoms with Gasteiger partial charge in [0.25, 0.3) is 0 Å². The molecule has 0 saturated carbocycles. The van der Waals surface area contributed by atoms with Gasteiger partial charge in [0, 0.05) is 26.4 Å². The number of nitrogens with two attached hydrogens (primary N) is 2. The summed E-state index contributed by atoms with van der Waals surface area (Å²) in [6, 6.07) is 10.6. The largest absolute Gasteiger partial charge is 0.497 e. The summed E-state index contributed by atoms with van der Waals surface area (Å²) in [5.74, 6) is -2.97. The van der Waals surface area contributed by atoms with E-state index in [1.54, 1.807) is 54.6 Å². The van der Waals surface area contributed by atoms with Crippen LogP contribution in [0.2, 0.25) is 0 Å². The number of nitrogen functional groups attached to an aromatic ring is 1. The van der Waals surface area contributed by atoms with Crippen LogP contribution in [0.15, 0.2) is 67.3 Å². The number of unbranched alkanes of at least 4 members (excludes halogenated alkanes) is 1. The van der Waals surface area contributed by atoms with Crippen LogP contribution in [-0.4, -0.2) is 141 Å². The van der Waals surface area contributed by atoms with Crippen molar-refractivity contribution in [2.75, 3.05) is 39.1 Å². The zero-order valence-corrected chi connectivity index (χ0v) is 38.2. The van der Waals surface area contributed by atoms with Crippen molar-refractivity contribution in [2.24, 2.45) is 5.73 Å². The van der Waals surface area contributed by atoms with E-state index in [1.165, 1.54) is 31.3 Å². The van der Waals surface area contributed by atoms with Gasteiger partial charge in [0.1, 0.15) is 54.5 Å². The number of hydrogen-bond donors (Lipinski definition) is 12. The molecule has 0 radical (unpaired) electrons. The molecule has 25 nitrogen and oxygen atoms in total. The van der Waals surface area contributed by atoms with E-state index in [0.29, 0.717) is 29.7 Å². The highest BCUT2D eigenvalue weighted by Crippen LogP contribution is 2.32. The minimum absolute atomic E-state index is 0.0406. The average Bonchev–Trinajstić information content (AvgIpc) is 3.91. The van der Waals surface area contributed by atoms with Crippen molar-refractivity contribution in [2.45, 2.75) is 94.7 Å². The van der Waals surface area contributed by atoms with Crippen molar-refractivity contribution in [3.8, 4) is 5.75 Å². The molecule has 2 aromatic heterocycles. The highest BCUT2D eigenvalue weighted by molar-refractivity contribution is 5.94. The number of fused-ring (bicyclic) bond motifs is 1. The van der Waals surface area contributed by atoms with Crippen LogP contribution in [-0.2, 0) is 46.5 Å². The number of carbonyl (C=O) groups excluding carboxylic acids is 6. The summed E-state index contributed by atoms with van der Waals surface area (Å²) in [6.07, 6.45) is -1.04. The summed E-state index contributed by atoms with van der Waals surface area (Å²) in [5.41, 5.74) is 13.1. The molecule has 1 aliphatic rings. The van der Waals surface area contributed by atoms with Gasteiger partial charge in [-0.25, -0.2) is 19.7 Å². The number of nitrogens with zero attached hydrogens (tertiary/aromatic N) is 4. The molecular formula is C44H60N14O11. The second kappa shape index (κ2) is 26.0. The first-order chi connectivity index (χ1) is 33.2. The third-order valence-corrected chi connectivity index (χ3v) is 10.9. The predicted octanol–water partition coefficient (Wildman–Crippen LogP) is -1.65. The molecule has 372 valence electrons. The number of amides is 6. The molecule has 69 heavy (non-hydrogen) atoms. The van der Waals surface area contributed by atoms with E-state index in [9.17, 15) is 39.0 Å². The van der Waals surface area contributed by atoms with E-state index in [2.05, 4.69) is 52.2 Å². The number of aliphatic hydroxyl groups excluding tert-OH is 2. The molecule has 4 aromatic rings. The average molecular weight is 961 g/mol. The van der Waals surface area contributed by atoms with Crippen LogP contribution < -0.4 is 53.4 Å². The summed E-state index contributed by atoms with van der Waals surface area (Å²) in [6.45, 7) is 0.550. The molecule has 6 amide bonds. The number of imidazole rings is 1. The van der Waals surface area contributed by atoms with Crippen molar-refractivity contribution in [3.63, 3.8) is 0 Å². The Balaban J connectivity index is 1.30. The molecule has 1 fully saturated rings. The van der Waals surface area contributed by atoms with E-state index in [1.807, 2.05) is 0 Å². The number of rotatable bonds is 25. The normalized spacial score (nSPS) is 17.6. The van der Waals surface area contributed by atoms with Crippen LogP contribution in [0.4, 0.5) is 10.6 Å². The van der Waals surface area contributed by atoms with E-state index < -0.39 is 85.5 Å². The smallest absolute Gasteiger partial charge is 0.408 e. The van der Waals surface area contributed by atoms with Gasteiger partial charge in [0.05, 0.1) is 32.6 Å². The Morgan fingerprint density at radius 2 is 1.55 bits per heavy atom. The standard InChI is InChI=1S/C44H60N14O11/c1-25(60)48-17-7-6-11-30(54-33(61)20-50-39(63)29(12-8-18-49-43(46)47)56-44(66)68-22-27-9-4-3-5-10-27)40(64)55-31(19-26-13-15-28(67-2)16-14-26)41(65)57-34-32(21-59)69-42(36(34)62)58-24-53-35-37(45)51-23-52-38(35)58/h3-5,9-10,13-16,23-24,29-32,34,36,42,59,62H,6-8,11-12,17-22H2,1-2H3,(H,48,60)(H,50,63)(H,54,61)(H,55,64)(H,56,66)(H,57,65)(H2,45,51,52)(H4,46,47,49)/t29?,30?,31?,32-,34?,36+,42-/m1/s1. The Hall–Kier alpha value is -7.64. The van der Waals surface area contributed by atoms with Crippen molar-refractivity contribution in [1.29, 1.82) is 5.41 Å². The van der Waals surface area contributed by atoms with Crippen molar-refractivity contribution < 1.29 is 53.2 Å². The second-order valence-corrected chi connectivity index (χ2v) is 16.0. The van der Waals surface area contributed by atoms with Crippen LogP contribution in [0.25, 0.3) is 11.2 Å². The number of alkyl carbamates (subject to hydrolysis) is 1. The monoisotopic (exact) mass is 960 g/mol. The number of hydrogen-bond acceptors (Lipinski definition) is 16. The number of methoxy groups -OCH3 is 1. The maximum absolute atomic E-state index is 14.3. The van der Waals surface area contributed by atoms with Gasteiger partial charge in [0.15, 0.2) is 23.7 Å². The lowest BCUT2D eigenvalue weighted by molar-refractivity contribution is -0.133. The highest BCUT2D eigenvalue weighted by atomic mass is 16.6. The molecule has 3 heterocycles. The van der Waals surface area contributed by atoms with Crippen molar-refractivity contribution in [3.05, 3.63) is 78.4 Å². The molecule has 0 bridgehead atoms. The molecule has 25 heteroatoms. The Labute approximate surface area is 396 Å². The molecule has 1 saturated heterocycles. The summed E-state index contributed by atoms with van der Waals surface area (Å²) >= 11 is 0. The zero-order chi connectivity index (χ0) is 49.9. The van der Waals surface area contributed by atoms with E-state index in [-0.39, 0.29) is 74.2 Å². The minimum Gasteiger partial charge on any atom is -0.497 e. The lowest BCUT2D eigenvalue weighted by Crippen LogP contribution is -2.58. The minimum atomic E-state index is -1.46. The predicted molar refractivity (Wildman–Crippen MR) is 247 cm³/mol. The number of aliphatic hydroxyl groups is 2. The van der Waals surface area contributed by atoms with E-state index >= 15 is 0 Å². The summed E-state index contributed by atoms with van der Waals surface area (Å²) in [5, 5.41) is 47.7. The number of ether oxygens (including phenoxy) is 3. The lowest BCUT2D eigenvalue weighted by atomic mass is 10.0. The van der Waals surface area contributed by atoms with E-state index in [0.717, 1.165) is 0 Å². The van der Waals surface area contributed by atoms with Gasteiger partial charge in [0.2, 0.25) is 29.5 Å². The third-order valence-electron chi connectivity index (χ3n) is 10.9. The number of benzene rings is 2. The highest BCUT2D eigenvalue weighted by Gasteiger charge is 2.46. The maximum Gasteiger partial charge on any atom is 0.408 e. The van der Waals surface area contributed by atoms with Gasteiger partial charge in [-0.3, -0.25) is 33.9 Å². The Bertz CT molecular complexity index is 2370. The molecule has 7 atom stereocenters. The zero-order valence-electron chi connectivity index (χ0n) is 38.2. The lowest BCUT2D eigenvalue weighted by Gasteiger charge is -2.27. The molecule has 5 rings (SSSR count). The Morgan fingerprint density at radius 3 is 2.25 bits per heavy atom. The molecule has 4 unspecified atom stereocenters. The van der Waals surface area contributed by atoms with Crippen LogP contribution in [0.1, 0.15) is 56.4 Å². The fourth-order valence-corrected chi connectivity index (χ4v) is 7.35. The van der Waals surface area contributed by atoms with Gasteiger partial charge >= 0.3 is 6.09 Å². The number of aromatic nitrogens is 4. The van der Waals surface area contributed by atoms with E-state index in [4.69, 9.17) is 31.1 Å². The first-order valence-electron chi connectivity index (χ1n) is 22.1. The van der Waals surface area contributed by atoms with Crippen LogP contribution in [0.5, 0.6) is 5.75 Å². The van der Waals surface area contributed by atoms with Crippen LogP contribution in [0.3, 0.4) is 0 Å². The molecule has 14 N–H and O–H groups in total. The number of anilines is 1. The first kappa shape index (κ1) is 52.3. The Kier molecular flexibility index (Phi) is 19.8. The third kappa shape index (κ3) is 15.7. The summed E-state index contributed by atoms with van der Waals surface area (Å²) in [4.78, 5) is 92.1. The summed E-state index contributed by atoms with van der Waals surface area (Å²) in [7, 11) is 1.49. The van der Waals surface area contributed by atoms with Crippen LogP contribution in [0, 0.1) is 5.41 Å². The molecule has 2 aromatic carbocycles. The van der Waals surface area contributed by atoms with Gasteiger partial charge < -0.3 is 73.1 Å². The van der Waals surface area contributed by atoms with Gasteiger partial charge in [-0.15, -0.1) is 0 Å². The van der Waals surface area contributed by atoms with Gasteiger partial charge in [-0.05, 0) is 55.4 Å². The quantitative estimate of drug-likeness (QED) is 0.0201. The molecule has 0 aliphatic carbocycles. The van der Waals surface area contributed by atoms with Gasteiger partial charge in [-0.2, -0.15) is 0 Å². The number of guanidine groups is 1. The van der Waals surface area contributed by atoms with Crippen molar-refractivity contribution in [1.82, 2.24) is 56.7 Å². The first-order valence-corrected chi connectivity index (χ1v) is 22.1. The SMILES string of the molecule is COc1ccc(CC(NC(=O)C(CCCCNC(C)=O)NC(=O)CNC(=O)C(CCCNC(=N)N)NC(=O)OCc2ccccc2)C(=O)NC2[C@@H](CO)O[C@@H](n3cnc4c(N)ncnc43)[C@H]2O)cc1. The fraction of sp³-hybridized carbons (Fsp3) is 0.455. The topological polar surface area (TPSA) is 374 Å². The van der Waals surface area contributed by atoms with Crippen molar-refractivity contribution >= 4 is 58.6 Å².